The van der Waals surface area contributed by atoms with Gasteiger partial charge in [0.15, 0.2) is 0 Å². The molecule has 1 N–H and O–H groups in total. The van der Waals surface area contributed by atoms with Crippen molar-refractivity contribution in [2.24, 2.45) is 0 Å². The van der Waals surface area contributed by atoms with E-state index in [0.29, 0.717) is 5.41 Å². The zero-order valence-corrected chi connectivity index (χ0v) is 11.9. The molecule has 2 rings (SSSR count). The molecule has 1 aliphatic rings. The minimum atomic E-state index is 0.355. The Morgan fingerprint density at radius 1 is 1.06 bits per heavy atom. The molecule has 1 saturated carbocycles. The molecule has 1 aromatic rings. The zero-order valence-electron chi connectivity index (χ0n) is 11.9. The van der Waals surface area contributed by atoms with Crippen molar-refractivity contribution in [2.75, 3.05) is 6.54 Å². The molecule has 0 spiro atoms. The summed E-state index contributed by atoms with van der Waals surface area (Å²) in [5.74, 6) is 0. The molecular formula is C17H27N. The molecular weight excluding hydrogens is 218 g/mol. The van der Waals surface area contributed by atoms with E-state index in [0.717, 1.165) is 12.6 Å². The molecule has 0 saturated heterocycles. The molecule has 0 unspecified atom stereocenters. The summed E-state index contributed by atoms with van der Waals surface area (Å²) in [7, 11) is 0. The van der Waals surface area contributed by atoms with E-state index in [2.05, 4.69) is 49.5 Å². The van der Waals surface area contributed by atoms with E-state index in [1.165, 1.54) is 44.1 Å². The van der Waals surface area contributed by atoms with Crippen LogP contribution in [0.5, 0.6) is 0 Å². The van der Waals surface area contributed by atoms with Gasteiger partial charge in [-0.2, -0.15) is 0 Å². The molecule has 1 fully saturated rings. The second-order valence-corrected chi connectivity index (χ2v) is 5.80. The number of hydrogen-bond donors (Lipinski definition) is 1. The average molecular weight is 245 g/mol. The normalized spacial score (nSPS) is 15.9. The second kappa shape index (κ2) is 6.38. The van der Waals surface area contributed by atoms with Crippen LogP contribution in [0.3, 0.4) is 0 Å². The highest BCUT2D eigenvalue weighted by Gasteiger charge is 2.32. The summed E-state index contributed by atoms with van der Waals surface area (Å²) in [6.07, 6.45) is 7.88. The smallest absolute Gasteiger partial charge is 0.00776 e. The monoisotopic (exact) mass is 245 g/mol. The van der Waals surface area contributed by atoms with Crippen LogP contribution in [0.25, 0.3) is 0 Å². The summed E-state index contributed by atoms with van der Waals surface area (Å²) < 4.78 is 0. The predicted molar refractivity (Wildman–Crippen MR) is 79.0 cm³/mol. The molecule has 0 radical (unpaired) electrons. The fourth-order valence-electron chi connectivity index (χ4n) is 3.07. The van der Waals surface area contributed by atoms with Crippen LogP contribution in [-0.4, -0.2) is 12.6 Å². The van der Waals surface area contributed by atoms with Gasteiger partial charge in [0.05, 0.1) is 0 Å². The lowest BCUT2D eigenvalue weighted by Crippen LogP contribution is -2.39. The average Bonchev–Trinajstić information content (AvgIpc) is 3.22. The fourth-order valence-corrected chi connectivity index (χ4v) is 3.07. The van der Waals surface area contributed by atoms with Crippen LogP contribution in [0.4, 0.5) is 0 Å². The summed E-state index contributed by atoms with van der Waals surface area (Å²) in [6, 6.07) is 11.9. The summed E-state index contributed by atoms with van der Waals surface area (Å²) in [5.41, 5.74) is 1.88. The van der Waals surface area contributed by atoms with Crippen LogP contribution >= 0.6 is 0 Å². The molecule has 100 valence electrons. The first-order valence-corrected chi connectivity index (χ1v) is 7.59. The van der Waals surface area contributed by atoms with Gasteiger partial charge in [-0.1, -0.05) is 57.0 Å². The van der Waals surface area contributed by atoms with Gasteiger partial charge in [0.25, 0.3) is 0 Å². The number of nitrogens with one attached hydrogen (secondary N) is 1. The SMILES string of the molecule is CCCC(CCC)(CNC1CC1)c1ccccc1. The third kappa shape index (κ3) is 3.35. The topological polar surface area (TPSA) is 12.0 Å². The standard InChI is InChI=1S/C17H27N/c1-3-12-17(13-4-2,14-18-16-10-11-16)15-8-6-5-7-9-15/h5-9,16,18H,3-4,10-14H2,1-2H3. The van der Waals surface area contributed by atoms with Gasteiger partial charge in [0, 0.05) is 18.0 Å². The summed E-state index contributed by atoms with van der Waals surface area (Å²) in [4.78, 5) is 0. The largest absolute Gasteiger partial charge is 0.313 e. The van der Waals surface area contributed by atoms with E-state index in [1.54, 1.807) is 0 Å². The van der Waals surface area contributed by atoms with Crippen molar-refractivity contribution in [1.29, 1.82) is 0 Å². The lowest BCUT2D eigenvalue weighted by atomic mass is 9.73. The van der Waals surface area contributed by atoms with Crippen LogP contribution in [-0.2, 0) is 5.41 Å². The molecule has 0 amide bonds. The Hall–Kier alpha value is -0.820. The van der Waals surface area contributed by atoms with Crippen molar-refractivity contribution >= 4 is 0 Å². The first-order valence-electron chi connectivity index (χ1n) is 7.59. The highest BCUT2D eigenvalue weighted by molar-refractivity contribution is 5.26. The first kappa shape index (κ1) is 13.6. The minimum absolute atomic E-state index is 0.355. The van der Waals surface area contributed by atoms with Crippen LogP contribution in [0.1, 0.15) is 57.9 Å². The third-order valence-electron chi connectivity index (χ3n) is 4.15. The van der Waals surface area contributed by atoms with Crippen LogP contribution in [0, 0.1) is 0 Å². The second-order valence-electron chi connectivity index (χ2n) is 5.80. The van der Waals surface area contributed by atoms with Gasteiger partial charge in [-0.25, -0.2) is 0 Å². The molecule has 1 nitrogen and oxygen atoms in total. The molecule has 0 aromatic heterocycles. The Morgan fingerprint density at radius 2 is 1.67 bits per heavy atom. The van der Waals surface area contributed by atoms with Crippen molar-refractivity contribution in [3.8, 4) is 0 Å². The Labute approximate surface area is 112 Å². The van der Waals surface area contributed by atoms with Crippen molar-refractivity contribution < 1.29 is 0 Å². The van der Waals surface area contributed by atoms with Gasteiger partial charge in [-0.05, 0) is 31.2 Å². The fraction of sp³-hybridized carbons (Fsp3) is 0.647. The van der Waals surface area contributed by atoms with Crippen LogP contribution < -0.4 is 5.32 Å². The van der Waals surface area contributed by atoms with Crippen LogP contribution in [0.2, 0.25) is 0 Å². The third-order valence-corrected chi connectivity index (χ3v) is 4.15. The Morgan fingerprint density at radius 3 is 2.17 bits per heavy atom. The van der Waals surface area contributed by atoms with E-state index in [1.807, 2.05) is 0 Å². The number of hydrogen-bond acceptors (Lipinski definition) is 1. The molecule has 1 aromatic carbocycles. The maximum atomic E-state index is 3.77. The van der Waals surface area contributed by atoms with Gasteiger partial charge < -0.3 is 5.32 Å². The van der Waals surface area contributed by atoms with Gasteiger partial charge in [0.1, 0.15) is 0 Å². The molecule has 0 aliphatic heterocycles. The first-order chi connectivity index (χ1) is 8.80. The number of benzene rings is 1. The van der Waals surface area contributed by atoms with Crippen molar-refractivity contribution in [1.82, 2.24) is 5.32 Å². The zero-order chi connectivity index (χ0) is 12.8. The van der Waals surface area contributed by atoms with Crippen molar-refractivity contribution in [3.05, 3.63) is 35.9 Å². The highest BCUT2D eigenvalue weighted by Crippen LogP contribution is 2.35. The van der Waals surface area contributed by atoms with Crippen molar-refractivity contribution in [2.45, 2.75) is 63.8 Å². The lowest BCUT2D eigenvalue weighted by Gasteiger charge is -2.35. The molecule has 1 aliphatic carbocycles. The Balaban J connectivity index is 2.16. The lowest BCUT2D eigenvalue weighted by molar-refractivity contribution is 0.334. The maximum Gasteiger partial charge on any atom is 0.00776 e. The van der Waals surface area contributed by atoms with Crippen LogP contribution in [0.15, 0.2) is 30.3 Å². The molecule has 0 atom stereocenters. The summed E-state index contributed by atoms with van der Waals surface area (Å²) in [6.45, 7) is 5.78. The van der Waals surface area contributed by atoms with E-state index in [9.17, 15) is 0 Å². The molecule has 0 bridgehead atoms. The van der Waals surface area contributed by atoms with Crippen molar-refractivity contribution in [3.63, 3.8) is 0 Å². The van der Waals surface area contributed by atoms with E-state index < -0.39 is 0 Å². The summed E-state index contributed by atoms with van der Waals surface area (Å²) >= 11 is 0. The van der Waals surface area contributed by atoms with E-state index in [-0.39, 0.29) is 0 Å². The molecule has 0 heterocycles. The molecule has 1 heteroatoms. The number of rotatable bonds is 8. The highest BCUT2D eigenvalue weighted by atomic mass is 15.0. The van der Waals surface area contributed by atoms with Gasteiger partial charge >= 0.3 is 0 Å². The van der Waals surface area contributed by atoms with Gasteiger partial charge in [-0.15, -0.1) is 0 Å². The summed E-state index contributed by atoms with van der Waals surface area (Å²) in [5, 5.41) is 3.77. The Bertz CT molecular complexity index is 334. The predicted octanol–water partition coefficient (Wildman–Crippen LogP) is 4.28. The van der Waals surface area contributed by atoms with E-state index >= 15 is 0 Å². The molecule has 18 heavy (non-hydrogen) atoms. The van der Waals surface area contributed by atoms with E-state index in [4.69, 9.17) is 0 Å². The maximum absolute atomic E-state index is 3.77. The Kier molecular flexibility index (Phi) is 4.82. The van der Waals surface area contributed by atoms with Gasteiger partial charge in [-0.3, -0.25) is 0 Å². The quantitative estimate of drug-likeness (QED) is 0.721. The minimum Gasteiger partial charge on any atom is -0.313 e. The van der Waals surface area contributed by atoms with Gasteiger partial charge in [0.2, 0.25) is 0 Å².